The van der Waals surface area contributed by atoms with Crippen LogP contribution in [0.2, 0.25) is 0 Å². The third kappa shape index (κ3) is 11.1. The molecule has 0 saturated carbocycles. The maximum Gasteiger partial charge on any atom is 3.00 e. The quantitative estimate of drug-likeness (QED) is 0.0514. The number of nitro groups is 2. The minimum atomic E-state index is -5.19. The number of nitrogens with one attached hydrogen (secondary N) is 1. The fourth-order valence-corrected chi connectivity index (χ4v) is 5.49. The summed E-state index contributed by atoms with van der Waals surface area (Å²) in [5, 5.41) is 79.1. The van der Waals surface area contributed by atoms with E-state index in [1.165, 1.54) is 22.9 Å². The molecule has 0 aliphatic rings. The van der Waals surface area contributed by atoms with Gasteiger partial charge in [0.15, 0.2) is 0 Å². The van der Waals surface area contributed by atoms with Crippen LogP contribution in [0.15, 0.2) is 134 Å². The van der Waals surface area contributed by atoms with E-state index in [1.807, 2.05) is 6.07 Å². The van der Waals surface area contributed by atoms with Crippen LogP contribution in [0.3, 0.4) is 0 Å². The van der Waals surface area contributed by atoms with Crippen molar-refractivity contribution in [3.63, 3.8) is 0 Å². The second-order valence-electron chi connectivity index (χ2n) is 11.3. The third-order valence-electron chi connectivity index (χ3n) is 7.57. The zero-order chi connectivity index (χ0) is 41.6. The minimum Gasteiger partial charge on any atom is -0.871 e. The summed E-state index contributed by atoms with van der Waals surface area (Å²) in [6, 6.07) is 19.3. The van der Waals surface area contributed by atoms with E-state index in [4.69, 9.17) is 0 Å². The van der Waals surface area contributed by atoms with Crippen molar-refractivity contribution < 1.29 is 91.3 Å². The monoisotopic (exact) mass is 868 g/mol. The predicted molar refractivity (Wildman–Crippen MR) is 195 cm³/mol. The van der Waals surface area contributed by atoms with Crippen LogP contribution in [0, 0.1) is 27.2 Å². The number of hydrogen-bond donors (Lipinski definition) is 1. The number of amides is 1. The van der Waals surface area contributed by atoms with Gasteiger partial charge in [0, 0.05) is 35.6 Å². The topological polar surface area (TPSA) is 327 Å². The summed E-state index contributed by atoms with van der Waals surface area (Å²) in [6.07, 6.45) is 0.995. The summed E-state index contributed by atoms with van der Waals surface area (Å²) in [5.74, 6) is -2.90. The number of carbonyl (C=O) groups excluding carboxylic acids is 1. The van der Waals surface area contributed by atoms with Gasteiger partial charge >= 0.3 is 48.3 Å². The Morgan fingerprint density at radius 3 is 1.88 bits per heavy atom. The molecule has 0 atom stereocenters. The fraction of sp³-hybridized carbons (Fsp3) is 0.0286. The molecule has 1 radical (unpaired) electrons. The molecule has 293 valence electrons. The Balaban J connectivity index is 0.000000404. The normalized spacial score (nSPS) is 10.9. The first kappa shape index (κ1) is 46.8. The minimum absolute atomic E-state index is 0. The van der Waals surface area contributed by atoms with E-state index in [0.717, 1.165) is 48.5 Å². The Hall–Kier alpha value is -6.58. The Bertz CT molecular complexity index is 2840. The second kappa shape index (κ2) is 19.7. The molecular formula is C35H23CrN9NaO12S. The molecule has 0 unspecified atom stereocenters. The summed E-state index contributed by atoms with van der Waals surface area (Å²) >= 11 is 0. The number of aromatic nitrogens is 2. The molecule has 1 amide bonds. The molecule has 24 heteroatoms. The standard InChI is InChI=1S/C19H14N4O8S.C16H13N5O4.Cr.Na/c1-2-17(25)20-11-4-3-10-7-16(32(29,30)31)18(19(26)13(10)8-11)22-21-14-9-12(23(27)28)5-6-15(14)24;1-10-15(16(23)20(19-10)11-5-3-2-4-6-11)18-17-13-9-12(21(24)25)7-8-14(13)22;;/h2-9,24,26H,1H2,(H,20,25)(H,29,30,31);2-9H,1H3,(H2,17,18,19,22,23);;/q;;+3;+1/p-4. The maximum atomic E-state index is 12.9. The van der Waals surface area contributed by atoms with Gasteiger partial charge in [-0.1, -0.05) is 67.1 Å². The number of nitro benzene ring substituents is 2. The molecule has 0 fully saturated rings. The molecule has 1 aromatic heterocycles. The van der Waals surface area contributed by atoms with Crippen molar-refractivity contribution in [2.24, 2.45) is 20.5 Å². The molecule has 6 aromatic rings. The van der Waals surface area contributed by atoms with E-state index in [9.17, 15) is 58.1 Å². The van der Waals surface area contributed by atoms with Crippen LogP contribution in [0.4, 0.5) is 39.8 Å². The van der Waals surface area contributed by atoms with Crippen LogP contribution in [0.1, 0.15) is 7.12 Å². The van der Waals surface area contributed by atoms with E-state index >= 15 is 0 Å². The number of aryl methyl sites for hydroxylation is 1. The second-order valence-corrected chi connectivity index (χ2v) is 12.7. The molecule has 59 heavy (non-hydrogen) atoms. The molecule has 6 rings (SSSR count). The third-order valence-corrected chi connectivity index (χ3v) is 8.42. The van der Waals surface area contributed by atoms with Crippen molar-refractivity contribution >= 4 is 66.6 Å². The van der Waals surface area contributed by atoms with E-state index in [0.29, 0.717) is 11.4 Å². The molecule has 0 spiro atoms. The van der Waals surface area contributed by atoms with Gasteiger partial charge in [-0.05, 0) is 47.2 Å². The van der Waals surface area contributed by atoms with Crippen LogP contribution in [-0.2, 0) is 32.3 Å². The number of nitrogens with zero attached hydrogens (tertiary/aromatic N) is 8. The first-order valence-corrected chi connectivity index (χ1v) is 17.1. The zero-order valence-electron chi connectivity index (χ0n) is 31.2. The number of non-ortho nitro benzene ring substituents is 2. The summed E-state index contributed by atoms with van der Waals surface area (Å²) in [6.45, 7) is 4.88. The van der Waals surface area contributed by atoms with E-state index < -0.39 is 70.6 Å². The van der Waals surface area contributed by atoms with Gasteiger partial charge in [-0.15, -0.1) is 15.9 Å². The largest absolute Gasteiger partial charge is 3.00 e. The van der Waals surface area contributed by atoms with Crippen LogP contribution in [0.5, 0.6) is 17.2 Å². The molecular weight excluding hydrogens is 845 g/mol. The number of anilines is 1. The molecule has 21 nitrogen and oxygen atoms in total. The maximum absolute atomic E-state index is 12.9. The molecule has 0 saturated heterocycles. The zero-order valence-corrected chi connectivity index (χ0v) is 34.3. The van der Waals surface area contributed by atoms with Gasteiger partial charge in [0.1, 0.15) is 15.8 Å². The van der Waals surface area contributed by atoms with Crippen molar-refractivity contribution in [3.8, 4) is 22.9 Å². The smallest absolute Gasteiger partial charge is 0.871 e. The Morgan fingerprint density at radius 1 is 0.831 bits per heavy atom. The number of benzene rings is 5. The van der Waals surface area contributed by atoms with Gasteiger partial charge in [-0.3, -0.25) is 29.8 Å². The van der Waals surface area contributed by atoms with Crippen LogP contribution >= 0.6 is 0 Å². The molecule has 1 N–H and O–H groups in total. The Morgan fingerprint density at radius 2 is 1.37 bits per heavy atom. The fourth-order valence-electron chi connectivity index (χ4n) is 4.84. The first-order chi connectivity index (χ1) is 27.0. The molecule has 1 heterocycles. The van der Waals surface area contributed by atoms with Crippen molar-refractivity contribution in [2.45, 2.75) is 11.8 Å². The SMILES string of the molecule is C=CC(=O)Nc1ccc2cc(S(=O)(=O)[O-])c(N=Nc3cc([N+](=O)[O-])ccc3[O-])c([O-])c2c1.Cc1[n-]n(-c2ccccc2)c(=O)c1N=Nc1cc([N+](=O)[O-])ccc1[O-].[Cr+3].[H+].[Na+]. The van der Waals surface area contributed by atoms with Gasteiger partial charge in [0.2, 0.25) is 5.91 Å². The summed E-state index contributed by atoms with van der Waals surface area (Å²) in [7, 11) is -5.19. The molecule has 0 aliphatic heterocycles. The number of azo groups is 2. The average molecular weight is 869 g/mol. The Labute approximate surface area is 366 Å². The predicted octanol–water partition coefficient (Wildman–Crippen LogP) is 1.95. The van der Waals surface area contributed by atoms with Crippen molar-refractivity contribution in [3.05, 3.63) is 140 Å². The number of hydrogen-bond acceptors (Lipinski definition) is 16. The van der Waals surface area contributed by atoms with Gasteiger partial charge in [-0.25, -0.2) is 8.42 Å². The van der Waals surface area contributed by atoms with Gasteiger partial charge in [0.25, 0.3) is 16.9 Å². The summed E-state index contributed by atoms with van der Waals surface area (Å²) < 4.78 is 36.3. The summed E-state index contributed by atoms with van der Waals surface area (Å²) in [5.41, 5.74) is -1.87. The van der Waals surface area contributed by atoms with Crippen LogP contribution < -0.4 is 60.9 Å². The first-order valence-electron chi connectivity index (χ1n) is 15.7. The molecule has 5 aromatic carbocycles. The van der Waals surface area contributed by atoms with E-state index in [2.05, 4.69) is 37.5 Å². The van der Waals surface area contributed by atoms with Gasteiger partial charge < -0.3 is 35.0 Å². The number of para-hydroxylation sites is 1. The summed E-state index contributed by atoms with van der Waals surface area (Å²) in [4.78, 5) is 43.1. The Kier molecular flexibility index (Phi) is 15.6. The van der Waals surface area contributed by atoms with Crippen LogP contribution in [0.25, 0.3) is 16.5 Å². The van der Waals surface area contributed by atoms with Gasteiger partial charge in [-0.2, -0.15) is 10.2 Å². The van der Waals surface area contributed by atoms with E-state index in [-0.39, 0.29) is 81.9 Å². The number of rotatable bonds is 10. The number of carbonyl (C=O) groups is 1. The number of fused-ring (bicyclic) bond motifs is 1. The molecule has 0 bridgehead atoms. The van der Waals surface area contributed by atoms with Crippen molar-refractivity contribution in [1.82, 2.24) is 9.78 Å². The van der Waals surface area contributed by atoms with Crippen molar-refractivity contribution in [2.75, 3.05) is 5.32 Å². The van der Waals surface area contributed by atoms with E-state index in [1.54, 1.807) is 31.2 Å². The molecule has 0 aliphatic carbocycles. The van der Waals surface area contributed by atoms with Crippen LogP contribution in [-0.4, -0.2) is 33.4 Å². The average Bonchev–Trinajstić information content (AvgIpc) is 3.46. The van der Waals surface area contributed by atoms with Gasteiger partial charge in [0.05, 0.1) is 31.8 Å². The van der Waals surface area contributed by atoms with Crippen molar-refractivity contribution in [1.29, 1.82) is 0 Å².